The van der Waals surface area contributed by atoms with Crippen LogP contribution in [-0.4, -0.2) is 14.2 Å². The highest BCUT2D eigenvalue weighted by atomic mass is 16.5. The quantitative estimate of drug-likeness (QED) is 0.631. The summed E-state index contributed by atoms with van der Waals surface area (Å²) in [5, 5.41) is 8.45. The maximum Gasteiger partial charge on any atom is 0.389 e. The number of benzene rings is 1. The highest BCUT2D eigenvalue weighted by Gasteiger charge is 2.10. The maximum atomic E-state index is 8.45. The number of ether oxygens (including phenoxy) is 2. The van der Waals surface area contributed by atoms with Crippen LogP contribution in [-0.2, 0) is 0 Å². The number of hydrogen-bond donors (Lipinski definition) is 0. The smallest absolute Gasteiger partial charge is 0.389 e. The lowest BCUT2D eigenvalue weighted by Gasteiger charge is -2.03. The van der Waals surface area contributed by atoms with Crippen molar-refractivity contribution in [2.45, 2.75) is 0 Å². The summed E-state index contributed by atoms with van der Waals surface area (Å²) >= 11 is 0. The van der Waals surface area contributed by atoms with E-state index in [1.807, 2.05) is 0 Å². The molecule has 0 atom stereocenters. The van der Waals surface area contributed by atoms with E-state index in [2.05, 4.69) is 4.98 Å². The van der Waals surface area contributed by atoms with E-state index in [1.54, 1.807) is 25.3 Å². The van der Waals surface area contributed by atoms with Crippen molar-refractivity contribution < 1.29 is 9.47 Å². The Morgan fingerprint density at radius 3 is 2.33 bits per heavy atom. The minimum Gasteiger partial charge on any atom is -0.493 e. The van der Waals surface area contributed by atoms with Crippen LogP contribution in [0.4, 0.5) is 5.69 Å². The molecule has 0 aliphatic carbocycles. The van der Waals surface area contributed by atoms with Crippen molar-refractivity contribution in [1.82, 2.24) is 0 Å². The lowest BCUT2D eigenvalue weighted by atomic mass is 10.3. The van der Waals surface area contributed by atoms with Gasteiger partial charge in [0, 0.05) is 6.07 Å². The summed E-state index contributed by atoms with van der Waals surface area (Å²) in [5.41, 5.74) is 0.438. The van der Waals surface area contributed by atoms with Crippen LogP contribution < -0.4 is 9.47 Å². The van der Waals surface area contributed by atoms with Crippen LogP contribution in [0.5, 0.6) is 11.5 Å². The lowest BCUT2D eigenvalue weighted by molar-refractivity contribution is 0.355. The fraction of sp³-hybridized carbons (Fsp3) is 0.250. The van der Waals surface area contributed by atoms with Gasteiger partial charge in [-0.3, -0.25) is 0 Å². The molecular formula is C8H9N2O2+. The molecule has 0 saturated carbocycles. The Kier molecular flexibility index (Phi) is 2.49. The highest BCUT2D eigenvalue weighted by molar-refractivity contribution is 5.54. The second-order valence-corrected chi connectivity index (χ2v) is 2.14. The summed E-state index contributed by atoms with van der Waals surface area (Å²) in [7, 11) is 3.08. The van der Waals surface area contributed by atoms with Crippen LogP contribution in [0.2, 0.25) is 0 Å². The van der Waals surface area contributed by atoms with Gasteiger partial charge in [0.1, 0.15) is 0 Å². The molecule has 1 aromatic carbocycles. The normalized spacial score (nSPS) is 8.75. The first kappa shape index (κ1) is 8.34. The summed E-state index contributed by atoms with van der Waals surface area (Å²) in [4.78, 5) is 3.02. The average molecular weight is 165 g/mol. The van der Waals surface area contributed by atoms with E-state index < -0.39 is 0 Å². The Morgan fingerprint density at radius 1 is 1.17 bits per heavy atom. The molecule has 0 fully saturated rings. The molecule has 0 aliphatic rings. The molecular weight excluding hydrogens is 156 g/mol. The number of nitrogens with zero attached hydrogens (tertiary/aromatic N) is 2. The van der Waals surface area contributed by atoms with Crippen LogP contribution in [0.25, 0.3) is 4.98 Å². The zero-order valence-corrected chi connectivity index (χ0v) is 6.94. The van der Waals surface area contributed by atoms with Crippen LogP contribution in [0.15, 0.2) is 18.2 Å². The van der Waals surface area contributed by atoms with Crippen LogP contribution >= 0.6 is 0 Å². The van der Waals surface area contributed by atoms with Crippen molar-refractivity contribution in [2.75, 3.05) is 14.2 Å². The molecule has 0 N–H and O–H groups in total. The molecule has 12 heavy (non-hydrogen) atoms. The molecule has 0 spiro atoms. The predicted octanol–water partition coefficient (Wildman–Crippen LogP) is 2.19. The van der Waals surface area contributed by atoms with Crippen LogP contribution in [0.1, 0.15) is 0 Å². The van der Waals surface area contributed by atoms with Crippen molar-refractivity contribution in [3.8, 4) is 11.5 Å². The molecule has 1 rings (SSSR count). The molecule has 0 amide bonds. The minimum absolute atomic E-state index is 0.438. The van der Waals surface area contributed by atoms with Gasteiger partial charge in [-0.2, -0.15) is 0 Å². The van der Waals surface area contributed by atoms with Gasteiger partial charge in [-0.1, -0.05) is 0 Å². The Bertz CT molecular complexity index is 317. The van der Waals surface area contributed by atoms with E-state index in [4.69, 9.17) is 14.9 Å². The molecule has 0 aliphatic heterocycles. The second-order valence-electron chi connectivity index (χ2n) is 2.14. The summed E-state index contributed by atoms with van der Waals surface area (Å²) in [6.07, 6.45) is 0. The van der Waals surface area contributed by atoms with Crippen molar-refractivity contribution in [1.29, 1.82) is 5.39 Å². The maximum absolute atomic E-state index is 8.45. The van der Waals surface area contributed by atoms with Crippen molar-refractivity contribution >= 4 is 5.69 Å². The third-order valence-electron chi connectivity index (χ3n) is 1.48. The largest absolute Gasteiger partial charge is 0.493 e. The van der Waals surface area contributed by atoms with Gasteiger partial charge in [-0.15, -0.1) is 0 Å². The Hall–Kier alpha value is -1.76. The minimum atomic E-state index is 0.438. The summed E-state index contributed by atoms with van der Waals surface area (Å²) in [6.45, 7) is 0. The Balaban J connectivity index is 3.13. The van der Waals surface area contributed by atoms with E-state index in [9.17, 15) is 0 Å². The zero-order chi connectivity index (χ0) is 8.97. The number of methoxy groups -OCH3 is 2. The molecule has 0 heterocycles. The van der Waals surface area contributed by atoms with Gasteiger partial charge in [0.15, 0.2) is 16.5 Å². The van der Waals surface area contributed by atoms with E-state index >= 15 is 0 Å². The van der Waals surface area contributed by atoms with Crippen molar-refractivity contribution in [3.05, 3.63) is 23.2 Å². The van der Waals surface area contributed by atoms with Gasteiger partial charge in [0.25, 0.3) is 0 Å². The third kappa shape index (κ3) is 1.45. The zero-order valence-electron chi connectivity index (χ0n) is 6.94. The Morgan fingerprint density at radius 2 is 1.83 bits per heavy atom. The van der Waals surface area contributed by atoms with Gasteiger partial charge >= 0.3 is 5.69 Å². The molecule has 4 nitrogen and oxygen atoms in total. The van der Waals surface area contributed by atoms with Gasteiger partial charge in [0.2, 0.25) is 5.39 Å². The van der Waals surface area contributed by atoms with Crippen molar-refractivity contribution in [3.63, 3.8) is 0 Å². The number of rotatable bonds is 2. The fourth-order valence-electron chi connectivity index (χ4n) is 0.887. The van der Waals surface area contributed by atoms with E-state index in [0.717, 1.165) is 0 Å². The van der Waals surface area contributed by atoms with Crippen LogP contribution in [0.3, 0.4) is 0 Å². The fourth-order valence-corrected chi connectivity index (χ4v) is 0.887. The van der Waals surface area contributed by atoms with Gasteiger partial charge in [-0.25, -0.2) is 0 Å². The first-order valence-electron chi connectivity index (χ1n) is 3.39. The van der Waals surface area contributed by atoms with E-state index in [0.29, 0.717) is 17.2 Å². The molecule has 4 heteroatoms. The molecule has 62 valence electrons. The average Bonchev–Trinajstić information content (AvgIpc) is 2.16. The predicted molar refractivity (Wildman–Crippen MR) is 44.3 cm³/mol. The molecule has 0 aromatic heterocycles. The number of hydrogen-bond acceptors (Lipinski definition) is 3. The third-order valence-corrected chi connectivity index (χ3v) is 1.48. The first-order chi connectivity index (χ1) is 5.81. The first-order valence-corrected chi connectivity index (χ1v) is 3.39. The molecule has 0 bridgehead atoms. The molecule has 0 radical (unpaired) electrons. The SMILES string of the molecule is COc1ccc([N+]#N)cc1OC. The van der Waals surface area contributed by atoms with Crippen LogP contribution in [0, 0.1) is 5.39 Å². The number of diazo groups is 1. The second kappa shape index (κ2) is 3.58. The van der Waals surface area contributed by atoms with Crippen molar-refractivity contribution in [2.24, 2.45) is 0 Å². The van der Waals surface area contributed by atoms with E-state index in [-0.39, 0.29) is 0 Å². The lowest BCUT2D eigenvalue weighted by Crippen LogP contribution is -1.88. The summed E-state index contributed by atoms with van der Waals surface area (Å²) in [5.74, 6) is 1.16. The summed E-state index contributed by atoms with van der Waals surface area (Å²) < 4.78 is 9.97. The van der Waals surface area contributed by atoms with Gasteiger partial charge in [-0.05, 0) is 6.07 Å². The summed E-state index contributed by atoms with van der Waals surface area (Å²) in [6, 6.07) is 4.88. The Labute approximate surface area is 70.3 Å². The highest BCUT2D eigenvalue weighted by Crippen LogP contribution is 2.30. The molecule has 0 saturated heterocycles. The topological polar surface area (TPSA) is 46.6 Å². The molecule has 0 unspecified atom stereocenters. The monoisotopic (exact) mass is 165 g/mol. The molecule has 1 aromatic rings. The van der Waals surface area contributed by atoms with Gasteiger partial charge < -0.3 is 9.47 Å². The van der Waals surface area contributed by atoms with E-state index in [1.165, 1.54) is 7.11 Å². The standard InChI is InChI=1S/C8H9N2O2/c1-11-7-4-3-6(10-9)5-8(7)12-2/h3-5H,1-2H3/q+1. The van der Waals surface area contributed by atoms with Gasteiger partial charge in [0.05, 0.1) is 20.3 Å².